The lowest BCUT2D eigenvalue weighted by molar-refractivity contribution is -0.126. The van der Waals surface area contributed by atoms with Crippen LogP contribution in [0.3, 0.4) is 0 Å². The summed E-state index contributed by atoms with van der Waals surface area (Å²) < 4.78 is 11.2. The molecule has 25 heavy (non-hydrogen) atoms. The number of ether oxygens (including phenoxy) is 2. The monoisotopic (exact) mass is 342 g/mol. The number of methoxy groups -OCH3 is 1. The number of pyridine rings is 1. The van der Waals surface area contributed by atoms with Gasteiger partial charge in [-0.2, -0.15) is 9.97 Å². The lowest BCUT2D eigenvalue weighted by atomic mass is 9.81. The predicted molar refractivity (Wildman–Crippen MR) is 91.8 cm³/mol. The summed E-state index contributed by atoms with van der Waals surface area (Å²) in [4.78, 5) is 25.5. The Morgan fingerprint density at radius 3 is 2.68 bits per heavy atom. The van der Waals surface area contributed by atoms with Crippen molar-refractivity contribution < 1.29 is 14.3 Å². The molecule has 3 rings (SSSR count). The van der Waals surface area contributed by atoms with Crippen molar-refractivity contribution >= 4 is 5.91 Å². The highest BCUT2D eigenvalue weighted by Crippen LogP contribution is 2.44. The highest BCUT2D eigenvalue weighted by molar-refractivity contribution is 5.88. The molecule has 1 fully saturated rings. The van der Waals surface area contributed by atoms with E-state index in [1.807, 2.05) is 6.92 Å². The number of rotatable bonds is 5. The average molecular weight is 342 g/mol. The Balaban J connectivity index is 2.01. The summed E-state index contributed by atoms with van der Waals surface area (Å²) in [5, 5.41) is 2.77. The van der Waals surface area contributed by atoms with Gasteiger partial charge in [0.25, 0.3) is 0 Å². The van der Waals surface area contributed by atoms with Crippen molar-refractivity contribution in [2.45, 2.75) is 38.0 Å². The van der Waals surface area contributed by atoms with Gasteiger partial charge in [-0.15, -0.1) is 0 Å². The Kier molecular flexibility index (Phi) is 4.83. The predicted octanol–water partition coefficient (Wildman–Crippen LogP) is 2.54. The van der Waals surface area contributed by atoms with Crippen LogP contribution in [0.2, 0.25) is 0 Å². The molecule has 0 bridgehead atoms. The first kappa shape index (κ1) is 17.1. The molecule has 2 heterocycles. The third-order valence-electron chi connectivity index (χ3n) is 4.60. The lowest BCUT2D eigenvalue weighted by Crippen LogP contribution is -2.41. The topological polar surface area (TPSA) is 86.2 Å². The van der Waals surface area contributed by atoms with Gasteiger partial charge in [0, 0.05) is 25.0 Å². The number of carbonyl (C=O) groups excluding carboxylic acids is 1. The van der Waals surface area contributed by atoms with Crippen molar-refractivity contribution in [1.29, 1.82) is 0 Å². The molecule has 0 saturated heterocycles. The Morgan fingerprint density at radius 1 is 1.28 bits per heavy atom. The molecule has 1 N–H and O–H groups in total. The molecule has 0 aromatic carbocycles. The molecule has 7 nitrogen and oxygen atoms in total. The maximum Gasteiger partial charge on any atom is 0.322 e. The van der Waals surface area contributed by atoms with E-state index < -0.39 is 5.41 Å². The normalized spacial score (nSPS) is 15.6. The lowest BCUT2D eigenvalue weighted by Gasteiger charge is -2.27. The van der Waals surface area contributed by atoms with Crippen molar-refractivity contribution in [1.82, 2.24) is 20.3 Å². The van der Waals surface area contributed by atoms with Crippen molar-refractivity contribution in [3.8, 4) is 17.5 Å². The minimum Gasteiger partial charge on any atom is -0.493 e. The quantitative estimate of drug-likeness (QED) is 0.898. The fraction of sp³-hybridized carbons (Fsp3) is 0.444. The SMILES string of the molecule is CNC(=O)C1(c2nc(Oc3ccnc(C)c3)ncc2OC)CCCC1. The number of amides is 1. The van der Waals surface area contributed by atoms with Crippen molar-refractivity contribution in [2.24, 2.45) is 0 Å². The van der Waals surface area contributed by atoms with Crippen LogP contribution in [0.15, 0.2) is 24.5 Å². The molecule has 0 spiro atoms. The van der Waals surface area contributed by atoms with E-state index >= 15 is 0 Å². The molecule has 2 aromatic heterocycles. The maximum atomic E-state index is 12.6. The average Bonchev–Trinajstić information content (AvgIpc) is 3.12. The van der Waals surface area contributed by atoms with Crippen molar-refractivity contribution in [2.75, 3.05) is 14.2 Å². The third kappa shape index (κ3) is 3.26. The van der Waals surface area contributed by atoms with E-state index in [1.54, 1.807) is 38.7 Å². The van der Waals surface area contributed by atoms with Crippen LogP contribution >= 0.6 is 0 Å². The minimum atomic E-state index is -0.699. The minimum absolute atomic E-state index is 0.0484. The Bertz CT molecular complexity index is 773. The van der Waals surface area contributed by atoms with Crippen LogP contribution in [0.4, 0.5) is 0 Å². The third-order valence-corrected chi connectivity index (χ3v) is 4.60. The van der Waals surface area contributed by atoms with Crippen LogP contribution in [-0.2, 0) is 10.2 Å². The standard InChI is InChI=1S/C18H22N4O3/c1-12-10-13(6-9-20-12)25-17-21-11-14(24-3)15(22-17)18(16(23)19-2)7-4-5-8-18/h6,9-11H,4-5,7-8H2,1-3H3,(H,19,23). The zero-order valence-electron chi connectivity index (χ0n) is 14.7. The summed E-state index contributed by atoms with van der Waals surface area (Å²) in [6, 6.07) is 3.73. The van der Waals surface area contributed by atoms with Gasteiger partial charge in [-0.25, -0.2) is 0 Å². The van der Waals surface area contributed by atoms with Gasteiger partial charge in [-0.3, -0.25) is 9.78 Å². The summed E-state index contributed by atoms with van der Waals surface area (Å²) >= 11 is 0. The van der Waals surface area contributed by atoms with Crippen LogP contribution in [-0.4, -0.2) is 35.0 Å². The fourth-order valence-electron chi connectivity index (χ4n) is 3.37. The second-order valence-electron chi connectivity index (χ2n) is 6.17. The Hall–Kier alpha value is -2.70. The first-order valence-electron chi connectivity index (χ1n) is 8.33. The number of hydrogen-bond acceptors (Lipinski definition) is 6. The molecule has 2 aromatic rings. The van der Waals surface area contributed by atoms with Crippen LogP contribution in [0.5, 0.6) is 17.5 Å². The summed E-state index contributed by atoms with van der Waals surface area (Å²) in [5.74, 6) is 1.06. The summed E-state index contributed by atoms with van der Waals surface area (Å²) in [6.45, 7) is 1.88. The molecular weight excluding hydrogens is 320 g/mol. The van der Waals surface area contributed by atoms with Gasteiger partial charge < -0.3 is 14.8 Å². The van der Waals surface area contributed by atoms with Crippen LogP contribution in [0, 0.1) is 6.92 Å². The Morgan fingerprint density at radius 2 is 2.04 bits per heavy atom. The van der Waals surface area contributed by atoms with Gasteiger partial charge in [0.15, 0.2) is 5.75 Å². The number of aromatic nitrogens is 3. The highest BCUT2D eigenvalue weighted by atomic mass is 16.5. The highest BCUT2D eigenvalue weighted by Gasteiger charge is 2.46. The van der Waals surface area contributed by atoms with Gasteiger partial charge in [-0.05, 0) is 25.8 Å². The van der Waals surface area contributed by atoms with E-state index in [4.69, 9.17) is 9.47 Å². The van der Waals surface area contributed by atoms with Gasteiger partial charge in [0.2, 0.25) is 5.91 Å². The summed E-state index contributed by atoms with van der Waals surface area (Å²) in [5.41, 5.74) is 0.724. The molecule has 1 aliphatic carbocycles. The summed E-state index contributed by atoms with van der Waals surface area (Å²) in [7, 11) is 3.20. The molecule has 0 radical (unpaired) electrons. The van der Waals surface area contributed by atoms with Gasteiger partial charge in [-0.1, -0.05) is 12.8 Å². The van der Waals surface area contributed by atoms with Gasteiger partial charge in [0.1, 0.15) is 11.4 Å². The van der Waals surface area contributed by atoms with E-state index in [2.05, 4.69) is 20.3 Å². The molecule has 0 aliphatic heterocycles. The molecule has 132 valence electrons. The molecule has 0 unspecified atom stereocenters. The zero-order chi connectivity index (χ0) is 17.9. The molecule has 7 heteroatoms. The van der Waals surface area contributed by atoms with Crippen molar-refractivity contribution in [3.63, 3.8) is 0 Å². The van der Waals surface area contributed by atoms with Crippen LogP contribution < -0.4 is 14.8 Å². The molecule has 0 atom stereocenters. The van der Waals surface area contributed by atoms with Gasteiger partial charge >= 0.3 is 6.01 Å². The number of likely N-dealkylation sites (N-methyl/N-ethyl adjacent to an activating group) is 1. The smallest absolute Gasteiger partial charge is 0.322 e. The second-order valence-corrected chi connectivity index (χ2v) is 6.17. The molecule has 1 saturated carbocycles. The van der Waals surface area contributed by atoms with E-state index in [0.717, 1.165) is 31.4 Å². The summed E-state index contributed by atoms with van der Waals surface area (Å²) in [6.07, 6.45) is 6.63. The van der Waals surface area contributed by atoms with E-state index in [0.29, 0.717) is 17.2 Å². The fourth-order valence-corrected chi connectivity index (χ4v) is 3.37. The first-order valence-corrected chi connectivity index (χ1v) is 8.33. The van der Waals surface area contributed by atoms with E-state index in [9.17, 15) is 4.79 Å². The van der Waals surface area contributed by atoms with E-state index in [-0.39, 0.29) is 11.9 Å². The van der Waals surface area contributed by atoms with Crippen molar-refractivity contribution in [3.05, 3.63) is 35.9 Å². The van der Waals surface area contributed by atoms with Crippen LogP contribution in [0.1, 0.15) is 37.1 Å². The Labute approximate surface area is 146 Å². The first-order chi connectivity index (χ1) is 12.1. The zero-order valence-corrected chi connectivity index (χ0v) is 14.7. The molecule has 1 amide bonds. The van der Waals surface area contributed by atoms with Crippen LogP contribution in [0.25, 0.3) is 0 Å². The number of nitrogens with one attached hydrogen (secondary N) is 1. The largest absolute Gasteiger partial charge is 0.493 e. The van der Waals surface area contributed by atoms with Gasteiger partial charge in [0.05, 0.1) is 18.7 Å². The maximum absolute atomic E-state index is 12.6. The molecular formula is C18H22N4O3. The number of nitrogens with zero attached hydrogens (tertiary/aromatic N) is 3. The number of aryl methyl sites for hydroxylation is 1. The number of carbonyl (C=O) groups is 1. The van der Waals surface area contributed by atoms with E-state index in [1.165, 1.54) is 0 Å². The second kappa shape index (κ2) is 7.04. The number of hydrogen-bond donors (Lipinski definition) is 1. The molecule has 1 aliphatic rings.